The molecule has 1 fully saturated rings. The summed E-state index contributed by atoms with van der Waals surface area (Å²) in [6.07, 6.45) is 3.13. The van der Waals surface area contributed by atoms with Gasteiger partial charge in [-0.15, -0.1) is 11.3 Å². The van der Waals surface area contributed by atoms with Gasteiger partial charge in [0.05, 0.1) is 16.5 Å². The number of hydrogen-bond acceptors (Lipinski definition) is 4. The molecule has 1 aromatic heterocycles. The predicted octanol–water partition coefficient (Wildman–Crippen LogP) is 1.70. The summed E-state index contributed by atoms with van der Waals surface area (Å²) in [5, 5.41) is 4.52. The maximum atomic E-state index is 4.34. The van der Waals surface area contributed by atoms with Crippen molar-refractivity contribution in [3.63, 3.8) is 0 Å². The third-order valence-electron chi connectivity index (χ3n) is 2.56. The summed E-state index contributed by atoms with van der Waals surface area (Å²) in [5.41, 5.74) is 0. The SMILES string of the molecule is CNC1CCN(Cc2ncc(Br)s2)C1. The highest BCUT2D eigenvalue weighted by atomic mass is 79.9. The fourth-order valence-electron chi connectivity index (χ4n) is 1.76. The Labute approximate surface area is 96.7 Å². The van der Waals surface area contributed by atoms with Crippen LogP contribution in [0.4, 0.5) is 0 Å². The zero-order valence-electron chi connectivity index (χ0n) is 8.16. The molecule has 0 amide bonds. The van der Waals surface area contributed by atoms with E-state index in [1.54, 1.807) is 11.3 Å². The second kappa shape index (κ2) is 4.70. The van der Waals surface area contributed by atoms with Gasteiger partial charge in [-0.05, 0) is 29.4 Å². The molecule has 78 valence electrons. The van der Waals surface area contributed by atoms with Crippen LogP contribution in [0.2, 0.25) is 0 Å². The lowest BCUT2D eigenvalue weighted by Crippen LogP contribution is -2.29. The van der Waals surface area contributed by atoms with E-state index in [1.807, 2.05) is 13.2 Å². The van der Waals surface area contributed by atoms with Gasteiger partial charge in [-0.2, -0.15) is 0 Å². The molecule has 2 rings (SSSR count). The first-order valence-electron chi connectivity index (χ1n) is 4.78. The van der Waals surface area contributed by atoms with Crippen molar-refractivity contribution < 1.29 is 0 Å². The minimum absolute atomic E-state index is 0.665. The van der Waals surface area contributed by atoms with Gasteiger partial charge in [-0.1, -0.05) is 0 Å². The van der Waals surface area contributed by atoms with Gasteiger partial charge in [0.15, 0.2) is 0 Å². The molecule has 0 radical (unpaired) electrons. The molecule has 0 aromatic carbocycles. The molecule has 0 saturated carbocycles. The number of likely N-dealkylation sites (N-methyl/N-ethyl adjacent to an activating group) is 1. The molecular weight excluding hydrogens is 262 g/mol. The van der Waals surface area contributed by atoms with E-state index >= 15 is 0 Å². The Hall–Kier alpha value is 0.0300. The van der Waals surface area contributed by atoms with Gasteiger partial charge in [-0.3, -0.25) is 4.90 Å². The molecule has 1 aliphatic rings. The van der Waals surface area contributed by atoms with Crippen LogP contribution < -0.4 is 5.32 Å². The molecular formula is C9H14BrN3S. The summed E-state index contributed by atoms with van der Waals surface area (Å²) in [6, 6.07) is 0.665. The average Bonchev–Trinajstić information content (AvgIpc) is 2.76. The van der Waals surface area contributed by atoms with Gasteiger partial charge in [0, 0.05) is 19.1 Å². The van der Waals surface area contributed by atoms with Crippen molar-refractivity contribution in [1.29, 1.82) is 0 Å². The first kappa shape index (κ1) is 10.5. The Morgan fingerprint density at radius 3 is 3.21 bits per heavy atom. The highest BCUT2D eigenvalue weighted by Gasteiger charge is 2.21. The number of hydrogen-bond donors (Lipinski definition) is 1. The summed E-state index contributed by atoms with van der Waals surface area (Å²) in [6.45, 7) is 3.32. The van der Waals surface area contributed by atoms with Crippen LogP contribution in [-0.4, -0.2) is 36.1 Å². The Bertz CT molecular complexity index is 302. The van der Waals surface area contributed by atoms with Crippen molar-refractivity contribution in [2.24, 2.45) is 0 Å². The first-order valence-corrected chi connectivity index (χ1v) is 6.38. The maximum Gasteiger partial charge on any atom is 0.108 e. The van der Waals surface area contributed by atoms with Crippen molar-refractivity contribution in [2.75, 3.05) is 20.1 Å². The van der Waals surface area contributed by atoms with Crippen LogP contribution in [0.3, 0.4) is 0 Å². The number of aromatic nitrogens is 1. The fraction of sp³-hybridized carbons (Fsp3) is 0.667. The van der Waals surface area contributed by atoms with Gasteiger partial charge < -0.3 is 5.32 Å². The number of halogens is 1. The van der Waals surface area contributed by atoms with Gasteiger partial charge in [-0.25, -0.2) is 4.98 Å². The van der Waals surface area contributed by atoms with Gasteiger partial charge in [0.25, 0.3) is 0 Å². The normalized spacial score (nSPS) is 23.1. The molecule has 1 N–H and O–H groups in total. The van der Waals surface area contributed by atoms with Gasteiger partial charge >= 0.3 is 0 Å². The van der Waals surface area contributed by atoms with Crippen molar-refractivity contribution in [3.8, 4) is 0 Å². The third kappa shape index (κ3) is 2.53. The molecule has 1 atom stereocenters. The van der Waals surface area contributed by atoms with Crippen molar-refractivity contribution >= 4 is 27.3 Å². The quantitative estimate of drug-likeness (QED) is 0.910. The zero-order valence-corrected chi connectivity index (χ0v) is 10.6. The predicted molar refractivity (Wildman–Crippen MR) is 62.6 cm³/mol. The van der Waals surface area contributed by atoms with Crippen molar-refractivity contribution in [1.82, 2.24) is 15.2 Å². The van der Waals surface area contributed by atoms with E-state index in [9.17, 15) is 0 Å². The number of nitrogens with one attached hydrogen (secondary N) is 1. The number of likely N-dealkylation sites (tertiary alicyclic amines) is 1. The standard InChI is InChI=1S/C9H14BrN3S/c1-11-7-2-3-13(5-7)6-9-12-4-8(10)14-9/h4,7,11H,2-3,5-6H2,1H3. The number of thiazole rings is 1. The summed E-state index contributed by atoms with van der Waals surface area (Å²) < 4.78 is 1.12. The minimum Gasteiger partial charge on any atom is -0.316 e. The zero-order chi connectivity index (χ0) is 9.97. The van der Waals surface area contributed by atoms with E-state index < -0.39 is 0 Å². The molecule has 0 spiro atoms. The maximum absolute atomic E-state index is 4.34. The van der Waals surface area contributed by atoms with Crippen LogP contribution in [0.25, 0.3) is 0 Å². The Morgan fingerprint density at radius 2 is 2.64 bits per heavy atom. The Balaban J connectivity index is 1.87. The molecule has 3 nitrogen and oxygen atoms in total. The third-order valence-corrected chi connectivity index (χ3v) is 4.03. The highest BCUT2D eigenvalue weighted by molar-refractivity contribution is 9.11. The molecule has 14 heavy (non-hydrogen) atoms. The van der Waals surface area contributed by atoms with E-state index in [-0.39, 0.29) is 0 Å². The largest absolute Gasteiger partial charge is 0.316 e. The van der Waals surface area contributed by atoms with Crippen LogP contribution in [0, 0.1) is 0 Å². The summed E-state index contributed by atoms with van der Waals surface area (Å²) >= 11 is 5.16. The molecule has 1 aliphatic heterocycles. The molecule has 0 bridgehead atoms. The fourth-order valence-corrected chi connectivity index (χ4v) is 3.11. The Morgan fingerprint density at radius 1 is 1.79 bits per heavy atom. The molecule has 1 saturated heterocycles. The Kier molecular flexibility index (Phi) is 3.54. The lowest BCUT2D eigenvalue weighted by atomic mass is 10.3. The number of rotatable bonds is 3. The molecule has 1 unspecified atom stereocenters. The minimum atomic E-state index is 0.665. The summed E-state index contributed by atoms with van der Waals surface area (Å²) in [4.78, 5) is 6.79. The highest BCUT2D eigenvalue weighted by Crippen LogP contribution is 2.21. The second-order valence-electron chi connectivity index (χ2n) is 3.57. The van der Waals surface area contributed by atoms with Crippen LogP contribution >= 0.6 is 27.3 Å². The molecule has 5 heteroatoms. The molecule has 1 aromatic rings. The van der Waals surface area contributed by atoms with Crippen LogP contribution in [0.5, 0.6) is 0 Å². The van der Waals surface area contributed by atoms with Crippen LogP contribution in [0.1, 0.15) is 11.4 Å². The molecule has 2 heterocycles. The van der Waals surface area contributed by atoms with E-state index in [0.717, 1.165) is 16.9 Å². The van der Waals surface area contributed by atoms with Crippen molar-refractivity contribution in [2.45, 2.75) is 19.0 Å². The second-order valence-corrected chi connectivity index (χ2v) is 6.06. The van der Waals surface area contributed by atoms with Crippen molar-refractivity contribution in [3.05, 3.63) is 15.0 Å². The summed E-state index contributed by atoms with van der Waals surface area (Å²) in [5.74, 6) is 0. The van der Waals surface area contributed by atoms with Gasteiger partial charge in [0.2, 0.25) is 0 Å². The van der Waals surface area contributed by atoms with Crippen LogP contribution in [0.15, 0.2) is 9.98 Å². The van der Waals surface area contributed by atoms with Crippen LogP contribution in [-0.2, 0) is 6.54 Å². The smallest absolute Gasteiger partial charge is 0.108 e. The monoisotopic (exact) mass is 275 g/mol. The van der Waals surface area contributed by atoms with E-state index in [4.69, 9.17) is 0 Å². The van der Waals surface area contributed by atoms with E-state index in [2.05, 4.69) is 31.1 Å². The number of nitrogens with zero attached hydrogens (tertiary/aromatic N) is 2. The molecule has 0 aliphatic carbocycles. The van der Waals surface area contributed by atoms with E-state index in [0.29, 0.717) is 6.04 Å². The average molecular weight is 276 g/mol. The van der Waals surface area contributed by atoms with E-state index in [1.165, 1.54) is 18.0 Å². The lowest BCUT2D eigenvalue weighted by Gasteiger charge is -2.13. The van der Waals surface area contributed by atoms with Gasteiger partial charge in [0.1, 0.15) is 5.01 Å². The first-order chi connectivity index (χ1) is 6.78. The lowest BCUT2D eigenvalue weighted by molar-refractivity contribution is 0.322. The topological polar surface area (TPSA) is 28.2 Å². The summed E-state index contributed by atoms with van der Waals surface area (Å²) in [7, 11) is 2.04.